The number of carbonyl (C=O) groups excluding carboxylic acids is 2. The number of rotatable bonds is 7. The molecule has 0 spiro atoms. The summed E-state index contributed by atoms with van der Waals surface area (Å²) >= 11 is 0. The minimum Gasteiger partial charge on any atom is -0.495 e. The van der Waals surface area contributed by atoms with Gasteiger partial charge in [0.05, 0.1) is 19.3 Å². The van der Waals surface area contributed by atoms with Gasteiger partial charge in [-0.25, -0.2) is 0 Å². The minimum atomic E-state index is -0.576. The average molecular weight is 368 g/mol. The van der Waals surface area contributed by atoms with Crippen LogP contribution in [0.15, 0.2) is 48.5 Å². The highest BCUT2D eigenvalue weighted by atomic mass is 16.5. The Kier molecular flexibility index (Phi) is 5.96. The molecule has 1 aliphatic rings. The van der Waals surface area contributed by atoms with Crippen molar-refractivity contribution in [3.63, 3.8) is 0 Å². The minimum absolute atomic E-state index is 0.0269. The van der Waals surface area contributed by atoms with Gasteiger partial charge in [0.2, 0.25) is 5.91 Å². The van der Waals surface area contributed by atoms with E-state index in [0.717, 1.165) is 17.7 Å². The van der Waals surface area contributed by atoms with Gasteiger partial charge in [-0.2, -0.15) is 0 Å². The SMILES string of the molecule is CCCN(CC(=O)Nc1ccccc1OC)C(=O)C1Cc2ccccc2O1. The topological polar surface area (TPSA) is 67.9 Å². The Balaban J connectivity index is 1.65. The molecule has 3 rings (SSSR count). The molecule has 0 saturated heterocycles. The molecule has 1 atom stereocenters. The maximum absolute atomic E-state index is 12.9. The van der Waals surface area contributed by atoms with Crippen molar-refractivity contribution in [3.8, 4) is 11.5 Å². The van der Waals surface area contributed by atoms with Crippen molar-refractivity contribution in [2.24, 2.45) is 0 Å². The third kappa shape index (κ3) is 4.39. The van der Waals surface area contributed by atoms with Crippen LogP contribution in [0.4, 0.5) is 5.69 Å². The van der Waals surface area contributed by atoms with Crippen molar-refractivity contribution in [1.29, 1.82) is 0 Å². The van der Waals surface area contributed by atoms with Crippen molar-refractivity contribution in [3.05, 3.63) is 54.1 Å². The smallest absolute Gasteiger partial charge is 0.264 e. The van der Waals surface area contributed by atoms with Crippen molar-refractivity contribution in [2.75, 3.05) is 25.5 Å². The zero-order valence-electron chi connectivity index (χ0n) is 15.6. The van der Waals surface area contributed by atoms with Gasteiger partial charge in [-0.1, -0.05) is 37.3 Å². The van der Waals surface area contributed by atoms with E-state index in [0.29, 0.717) is 24.4 Å². The molecule has 6 nitrogen and oxygen atoms in total. The number of anilines is 1. The molecule has 1 unspecified atom stereocenters. The zero-order valence-corrected chi connectivity index (χ0v) is 15.6. The highest BCUT2D eigenvalue weighted by Gasteiger charge is 2.32. The maximum Gasteiger partial charge on any atom is 0.264 e. The van der Waals surface area contributed by atoms with E-state index < -0.39 is 6.10 Å². The van der Waals surface area contributed by atoms with Crippen molar-refractivity contribution >= 4 is 17.5 Å². The molecule has 1 heterocycles. The van der Waals surface area contributed by atoms with Gasteiger partial charge in [-0.15, -0.1) is 0 Å². The quantitative estimate of drug-likeness (QED) is 0.816. The summed E-state index contributed by atoms with van der Waals surface area (Å²) in [4.78, 5) is 27.0. The first-order valence-corrected chi connectivity index (χ1v) is 9.08. The fourth-order valence-corrected chi connectivity index (χ4v) is 3.17. The van der Waals surface area contributed by atoms with Gasteiger partial charge in [0.15, 0.2) is 6.10 Å². The summed E-state index contributed by atoms with van der Waals surface area (Å²) < 4.78 is 11.0. The number of nitrogens with one attached hydrogen (secondary N) is 1. The maximum atomic E-state index is 12.9. The number of fused-ring (bicyclic) bond motifs is 1. The van der Waals surface area contributed by atoms with Crippen LogP contribution in [0.3, 0.4) is 0 Å². The van der Waals surface area contributed by atoms with E-state index in [9.17, 15) is 9.59 Å². The number of para-hydroxylation sites is 3. The summed E-state index contributed by atoms with van der Waals surface area (Å²) in [5.41, 5.74) is 1.60. The van der Waals surface area contributed by atoms with Gasteiger partial charge in [0.25, 0.3) is 5.91 Å². The lowest BCUT2D eigenvalue weighted by Gasteiger charge is -2.24. The van der Waals surface area contributed by atoms with E-state index in [1.54, 1.807) is 24.1 Å². The molecular formula is C21H24N2O4. The summed E-state index contributed by atoms with van der Waals surface area (Å²) in [6, 6.07) is 14.8. The number of hydrogen-bond acceptors (Lipinski definition) is 4. The normalized spacial score (nSPS) is 14.8. The van der Waals surface area contributed by atoms with Gasteiger partial charge >= 0.3 is 0 Å². The van der Waals surface area contributed by atoms with E-state index >= 15 is 0 Å². The van der Waals surface area contributed by atoms with Crippen LogP contribution in [0.2, 0.25) is 0 Å². The third-order valence-electron chi connectivity index (χ3n) is 4.44. The van der Waals surface area contributed by atoms with Crippen molar-refractivity contribution < 1.29 is 19.1 Å². The molecule has 0 bridgehead atoms. The van der Waals surface area contributed by atoms with E-state index in [-0.39, 0.29) is 18.4 Å². The molecule has 2 aromatic rings. The number of ether oxygens (including phenoxy) is 2. The lowest BCUT2D eigenvalue weighted by molar-refractivity contribution is -0.140. The van der Waals surface area contributed by atoms with Crippen LogP contribution in [-0.2, 0) is 16.0 Å². The van der Waals surface area contributed by atoms with Crippen LogP contribution < -0.4 is 14.8 Å². The van der Waals surface area contributed by atoms with Crippen LogP contribution in [-0.4, -0.2) is 43.0 Å². The Morgan fingerprint density at radius 2 is 1.93 bits per heavy atom. The van der Waals surface area contributed by atoms with E-state index in [1.807, 2.05) is 43.3 Å². The first-order chi connectivity index (χ1) is 13.1. The second kappa shape index (κ2) is 8.58. The lowest BCUT2D eigenvalue weighted by Crippen LogP contribution is -2.45. The predicted molar refractivity (Wildman–Crippen MR) is 103 cm³/mol. The number of amides is 2. The van der Waals surface area contributed by atoms with Crippen molar-refractivity contribution in [1.82, 2.24) is 4.90 Å². The number of methoxy groups -OCH3 is 1. The second-order valence-electron chi connectivity index (χ2n) is 6.43. The Morgan fingerprint density at radius 1 is 1.19 bits per heavy atom. The van der Waals surface area contributed by atoms with Gasteiger partial charge in [-0.3, -0.25) is 9.59 Å². The van der Waals surface area contributed by atoms with Crippen LogP contribution >= 0.6 is 0 Å². The van der Waals surface area contributed by atoms with Crippen LogP contribution in [0, 0.1) is 0 Å². The number of carbonyl (C=O) groups is 2. The molecule has 0 aliphatic carbocycles. The molecule has 2 amide bonds. The summed E-state index contributed by atoms with van der Waals surface area (Å²) in [6.45, 7) is 2.44. The lowest BCUT2D eigenvalue weighted by atomic mass is 10.1. The fourth-order valence-electron chi connectivity index (χ4n) is 3.17. The molecule has 6 heteroatoms. The van der Waals surface area contributed by atoms with E-state index in [2.05, 4.69) is 5.32 Å². The summed E-state index contributed by atoms with van der Waals surface area (Å²) in [5, 5.41) is 2.81. The van der Waals surface area contributed by atoms with E-state index in [1.165, 1.54) is 0 Å². The number of nitrogens with zero attached hydrogens (tertiary/aromatic N) is 1. The Labute approximate surface area is 159 Å². The molecule has 0 radical (unpaired) electrons. The van der Waals surface area contributed by atoms with Crippen molar-refractivity contribution in [2.45, 2.75) is 25.9 Å². The average Bonchev–Trinajstić information content (AvgIpc) is 3.11. The zero-order chi connectivity index (χ0) is 19.2. The van der Waals surface area contributed by atoms with Crippen LogP contribution in [0.25, 0.3) is 0 Å². The molecule has 27 heavy (non-hydrogen) atoms. The summed E-state index contributed by atoms with van der Waals surface area (Å²) in [5.74, 6) is 0.889. The van der Waals surface area contributed by atoms with Gasteiger partial charge < -0.3 is 19.7 Å². The summed E-state index contributed by atoms with van der Waals surface area (Å²) in [6.07, 6.45) is 0.712. The monoisotopic (exact) mass is 368 g/mol. The van der Waals surface area contributed by atoms with E-state index in [4.69, 9.17) is 9.47 Å². The Morgan fingerprint density at radius 3 is 2.67 bits per heavy atom. The molecule has 1 N–H and O–H groups in total. The first-order valence-electron chi connectivity index (χ1n) is 9.08. The number of hydrogen-bond donors (Lipinski definition) is 1. The van der Waals surface area contributed by atoms with Crippen LogP contribution in [0.1, 0.15) is 18.9 Å². The number of benzene rings is 2. The summed E-state index contributed by atoms with van der Waals surface area (Å²) in [7, 11) is 1.55. The predicted octanol–water partition coefficient (Wildman–Crippen LogP) is 2.88. The molecule has 2 aromatic carbocycles. The first kappa shape index (κ1) is 18.8. The highest BCUT2D eigenvalue weighted by molar-refractivity contribution is 5.96. The standard InChI is InChI=1S/C21H24N2O4/c1-3-12-23(14-20(24)22-16-9-5-7-11-18(16)26-2)21(25)19-13-15-8-4-6-10-17(15)27-19/h4-11,19H,3,12-14H2,1-2H3,(H,22,24). The molecule has 142 valence electrons. The van der Waals surface area contributed by atoms with Gasteiger partial charge in [0.1, 0.15) is 11.5 Å². The molecular weight excluding hydrogens is 344 g/mol. The van der Waals surface area contributed by atoms with Gasteiger partial charge in [0, 0.05) is 13.0 Å². The Bertz CT molecular complexity index is 796. The van der Waals surface area contributed by atoms with Crippen LogP contribution in [0.5, 0.6) is 11.5 Å². The third-order valence-corrected chi connectivity index (χ3v) is 4.44. The molecule has 0 aromatic heterocycles. The fraction of sp³-hybridized carbons (Fsp3) is 0.333. The molecule has 0 fully saturated rings. The second-order valence-corrected chi connectivity index (χ2v) is 6.43. The molecule has 0 saturated carbocycles. The molecule has 1 aliphatic heterocycles. The Hall–Kier alpha value is -3.02. The largest absolute Gasteiger partial charge is 0.495 e. The highest BCUT2D eigenvalue weighted by Crippen LogP contribution is 2.29. The van der Waals surface area contributed by atoms with Gasteiger partial charge in [-0.05, 0) is 30.2 Å².